The minimum atomic E-state index is -0.289. The Morgan fingerprint density at radius 2 is 1.85 bits per heavy atom. The zero-order valence-electron chi connectivity index (χ0n) is 15.6. The Kier molecular flexibility index (Phi) is 5.66. The molecule has 0 saturated heterocycles. The molecule has 0 spiro atoms. The van der Waals surface area contributed by atoms with Crippen LogP contribution in [0.25, 0.3) is 0 Å². The molecule has 1 heterocycles. The quantitative estimate of drug-likeness (QED) is 0.724. The van der Waals surface area contributed by atoms with Gasteiger partial charge in [0.1, 0.15) is 11.4 Å². The topological polar surface area (TPSA) is 67.3 Å². The standard InChI is InChI=1S/C21H22N4O2/c1-15-12-19(20(26)23-17-10-7-11-18(13-17)27-3)24-21(22-15)25(2)14-16-8-5-4-6-9-16/h4-13H,14H2,1-3H3,(H,23,26). The number of benzene rings is 2. The van der Waals surface area contributed by atoms with Crippen LogP contribution >= 0.6 is 0 Å². The van der Waals surface area contributed by atoms with Crippen LogP contribution in [0.15, 0.2) is 60.7 Å². The van der Waals surface area contributed by atoms with Crippen molar-refractivity contribution < 1.29 is 9.53 Å². The fraction of sp³-hybridized carbons (Fsp3) is 0.190. The number of methoxy groups -OCH3 is 1. The number of aromatic nitrogens is 2. The number of amides is 1. The van der Waals surface area contributed by atoms with E-state index in [0.29, 0.717) is 29.6 Å². The second-order valence-electron chi connectivity index (χ2n) is 6.22. The lowest BCUT2D eigenvalue weighted by atomic mass is 10.2. The van der Waals surface area contributed by atoms with E-state index in [-0.39, 0.29) is 5.91 Å². The third-order valence-electron chi connectivity index (χ3n) is 4.01. The van der Waals surface area contributed by atoms with Crippen LogP contribution in [0.3, 0.4) is 0 Å². The van der Waals surface area contributed by atoms with E-state index in [1.54, 1.807) is 25.3 Å². The molecule has 0 atom stereocenters. The molecule has 1 N–H and O–H groups in total. The molecular weight excluding hydrogens is 340 g/mol. The monoisotopic (exact) mass is 362 g/mol. The molecule has 0 saturated carbocycles. The van der Waals surface area contributed by atoms with E-state index in [1.807, 2.05) is 61.3 Å². The van der Waals surface area contributed by atoms with Gasteiger partial charge < -0.3 is 15.0 Å². The van der Waals surface area contributed by atoms with Crippen LogP contribution in [0, 0.1) is 6.92 Å². The summed E-state index contributed by atoms with van der Waals surface area (Å²) in [7, 11) is 3.50. The number of rotatable bonds is 6. The largest absolute Gasteiger partial charge is 0.497 e. The van der Waals surface area contributed by atoms with Crippen molar-refractivity contribution in [2.75, 3.05) is 24.4 Å². The summed E-state index contributed by atoms with van der Waals surface area (Å²) >= 11 is 0. The molecule has 27 heavy (non-hydrogen) atoms. The molecule has 0 aliphatic heterocycles. The number of carbonyl (C=O) groups is 1. The maximum absolute atomic E-state index is 12.6. The SMILES string of the molecule is COc1cccc(NC(=O)c2cc(C)nc(N(C)Cc3ccccc3)n2)c1. The lowest BCUT2D eigenvalue weighted by Gasteiger charge is -2.18. The molecule has 1 aromatic heterocycles. The first kappa shape index (κ1) is 18.4. The summed E-state index contributed by atoms with van der Waals surface area (Å²) in [6.45, 7) is 2.51. The molecule has 0 bridgehead atoms. The van der Waals surface area contributed by atoms with E-state index >= 15 is 0 Å². The second-order valence-corrected chi connectivity index (χ2v) is 6.22. The fourth-order valence-corrected chi connectivity index (χ4v) is 2.66. The van der Waals surface area contributed by atoms with Crippen molar-refractivity contribution in [2.45, 2.75) is 13.5 Å². The van der Waals surface area contributed by atoms with Crippen molar-refractivity contribution in [1.82, 2.24) is 9.97 Å². The number of hydrogen-bond donors (Lipinski definition) is 1. The zero-order chi connectivity index (χ0) is 19.2. The second kappa shape index (κ2) is 8.31. The van der Waals surface area contributed by atoms with Crippen LogP contribution in [0.2, 0.25) is 0 Å². The first-order chi connectivity index (χ1) is 13.0. The Balaban J connectivity index is 1.78. The molecule has 6 heteroatoms. The minimum Gasteiger partial charge on any atom is -0.497 e. The predicted octanol–water partition coefficient (Wildman–Crippen LogP) is 3.68. The summed E-state index contributed by atoms with van der Waals surface area (Å²) < 4.78 is 5.18. The van der Waals surface area contributed by atoms with Crippen molar-refractivity contribution in [2.24, 2.45) is 0 Å². The van der Waals surface area contributed by atoms with Crippen LogP contribution < -0.4 is 15.0 Å². The summed E-state index contributed by atoms with van der Waals surface area (Å²) in [6, 6.07) is 18.9. The molecular formula is C21H22N4O2. The molecule has 1 amide bonds. The molecule has 3 rings (SSSR count). The van der Waals surface area contributed by atoms with Crippen molar-refractivity contribution in [1.29, 1.82) is 0 Å². The van der Waals surface area contributed by atoms with Crippen molar-refractivity contribution in [3.63, 3.8) is 0 Å². The Bertz CT molecular complexity index is 928. The smallest absolute Gasteiger partial charge is 0.274 e. The summed E-state index contributed by atoms with van der Waals surface area (Å²) in [6.07, 6.45) is 0. The molecule has 0 radical (unpaired) electrons. The number of aryl methyl sites for hydroxylation is 1. The van der Waals surface area contributed by atoms with Gasteiger partial charge in [-0.1, -0.05) is 36.4 Å². The van der Waals surface area contributed by atoms with E-state index in [1.165, 1.54) is 0 Å². The maximum atomic E-state index is 12.6. The average molecular weight is 362 g/mol. The number of nitrogens with zero attached hydrogens (tertiary/aromatic N) is 3. The van der Waals surface area contributed by atoms with Crippen molar-refractivity contribution >= 4 is 17.5 Å². The first-order valence-electron chi connectivity index (χ1n) is 8.61. The van der Waals surface area contributed by atoms with Gasteiger partial charge in [0, 0.05) is 31.0 Å². The molecule has 138 valence electrons. The number of ether oxygens (including phenoxy) is 1. The van der Waals surface area contributed by atoms with Gasteiger partial charge in [-0.25, -0.2) is 9.97 Å². The number of anilines is 2. The average Bonchev–Trinajstić information content (AvgIpc) is 2.68. The van der Waals surface area contributed by atoms with Crippen LogP contribution in [-0.4, -0.2) is 30.0 Å². The van der Waals surface area contributed by atoms with Crippen molar-refractivity contribution in [3.05, 3.63) is 77.6 Å². The summed E-state index contributed by atoms with van der Waals surface area (Å²) in [5, 5.41) is 2.85. The third kappa shape index (κ3) is 4.82. The van der Waals surface area contributed by atoms with Gasteiger partial charge in [-0.15, -0.1) is 0 Å². The molecule has 0 unspecified atom stereocenters. The van der Waals surface area contributed by atoms with E-state index in [9.17, 15) is 4.79 Å². The molecule has 0 aliphatic rings. The van der Waals surface area contributed by atoms with Gasteiger partial charge in [-0.05, 0) is 30.7 Å². The van der Waals surface area contributed by atoms with Gasteiger partial charge in [0.2, 0.25) is 5.95 Å². The Labute approximate surface area is 158 Å². The number of nitrogens with one attached hydrogen (secondary N) is 1. The lowest BCUT2D eigenvalue weighted by Crippen LogP contribution is -2.22. The highest BCUT2D eigenvalue weighted by Crippen LogP contribution is 2.18. The Morgan fingerprint density at radius 1 is 1.07 bits per heavy atom. The van der Waals surface area contributed by atoms with E-state index < -0.39 is 0 Å². The van der Waals surface area contributed by atoms with Crippen LogP contribution in [0.1, 0.15) is 21.7 Å². The van der Waals surface area contributed by atoms with Gasteiger partial charge >= 0.3 is 0 Å². The van der Waals surface area contributed by atoms with E-state index in [0.717, 1.165) is 11.3 Å². The van der Waals surface area contributed by atoms with Gasteiger partial charge in [0.05, 0.1) is 7.11 Å². The Hall–Kier alpha value is -3.41. The molecule has 2 aromatic carbocycles. The minimum absolute atomic E-state index is 0.289. The first-order valence-corrected chi connectivity index (χ1v) is 8.61. The highest BCUT2D eigenvalue weighted by Gasteiger charge is 2.14. The van der Waals surface area contributed by atoms with Gasteiger partial charge in [0.25, 0.3) is 5.91 Å². The highest BCUT2D eigenvalue weighted by molar-refractivity contribution is 6.03. The van der Waals surface area contributed by atoms with E-state index in [2.05, 4.69) is 15.3 Å². The fourth-order valence-electron chi connectivity index (χ4n) is 2.66. The third-order valence-corrected chi connectivity index (χ3v) is 4.01. The summed E-state index contributed by atoms with van der Waals surface area (Å²) in [4.78, 5) is 23.5. The molecule has 0 aliphatic carbocycles. The molecule has 3 aromatic rings. The number of hydrogen-bond acceptors (Lipinski definition) is 5. The summed E-state index contributed by atoms with van der Waals surface area (Å²) in [5.41, 5.74) is 2.85. The van der Waals surface area contributed by atoms with E-state index in [4.69, 9.17) is 4.74 Å². The highest BCUT2D eigenvalue weighted by atomic mass is 16.5. The van der Waals surface area contributed by atoms with Gasteiger partial charge in [-0.3, -0.25) is 4.79 Å². The van der Waals surface area contributed by atoms with Crippen LogP contribution in [0.4, 0.5) is 11.6 Å². The number of carbonyl (C=O) groups excluding carboxylic acids is 1. The molecule has 6 nitrogen and oxygen atoms in total. The predicted molar refractivity (Wildman–Crippen MR) is 106 cm³/mol. The molecule has 0 fully saturated rings. The van der Waals surface area contributed by atoms with Gasteiger partial charge in [-0.2, -0.15) is 0 Å². The normalized spacial score (nSPS) is 10.3. The lowest BCUT2D eigenvalue weighted by molar-refractivity contribution is 0.102. The van der Waals surface area contributed by atoms with Gasteiger partial charge in [0.15, 0.2) is 0 Å². The zero-order valence-corrected chi connectivity index (χ0v) is 15.6. The van der Waals surface area contributed by atoms with Crippen LogP contribution in [0.5, 0.6) is 5.75 Å². The Morgan fingerprint density at radius 3 is 2.59 bits per heavy atom. The maximum Gasteiger partial charge on any atom is 0.274 e. The van der Waals surface area contributed by atoms with Crippen molar-refractivity contribution in [3.8, 4) is 5.75 Å². The summed E-state index contributed by atoms with van der Waals surface area (Å²) in [5.74, 6) is 0.896. The van der Waals surface area contributed by atoms with Crippen LogP contribution in [-0.2, 0) is 6.54 Å².